The van der Waals surface area contributed by atoms with Gasteiger partial charge in [0.2, 0.25) is 5.91 Å². The zero-order chi connectivity index (χ0) is 14.4. The van der Waals surface area contributed by atoms with E-state index in [1.807, 2.05) is 35.7 Å². The van der Waals surface area contributed by atoms with E-state index in [1.54, 1.807) is 6.07 Å². The number of aliphatic hydroxyl groups excluding tert-OH is 1. The number of hydrogen-bond acceptors (Lipinski definition) is 3. The Hall–Kier alpha value is -1.36. The van der Waals surface area contributed by atoms with Crippen molar-refractivity contribution in [3.8, 4) is 0 Å². The summed E-state index contributed by atoms with van der Waals surface area (Å²) in [5.74, 6) is -0.0866. The third kappa shape index (κ3) is 4.34. The average molecular weight is 310 g/mol. The van der Waals surface area contributed by atoms with Crippen molar-refractivity contribution in [2.24, 2.45) is 0 Å². The molecule has 20 heavy (non-hydrogen) atoms. The number of carbonyl (C=O) groups is 1. The van der Waals surface area contributed by atoms with Gasteiger partial charge in [0.25, 0.3) is 0 Å². The third-order valence-electron chi connectivity index (χ3n) is 2.92. The van der Waals surface area contributed by atoms with Crippen LogP contribution in [0.25, 0.3) is 0 Å². The van der Waals surface area contributed by atoms with Crippen LogP contribution in [-0.4, -0.2) is 17.6 Å². The first-order valence-electron chi connectivity index (χ1n) is 6.38. The summed E-state index contributed by atoms with van der Waals surface area (Å²) in [5.41, 5.74) is 0.811. The lowest BCUT2D eigenvalue weighted by Crippen LogP contribution is -2.27. The maximum Gasteiger partial charge on any atom is 0.224 e. The zero-order valence-electron chi connectivity index (χ0n) is 10.9. The summed E-state index contributed by atoms with van der Waals surface area (Å²) in [6.07, 6.45) is 0.249. The third-order valence-corrected chi connectivity index (χ3v) is 4.26. The summed E-state index contributed by atoms with van der Waals surface area (Å²) >= 11 is 7.52. The Morgan fingerprint density at radius 2 is 2.10 bits per heavy atom. The molecule has 2 aromatic rings. The molecule has 0 aliphatic rings. The van der Waals surface area contributed by atoms with E-state index < -0.39 is 6.10 Å². The number of halogens is 1. The number of thiophene rings is 1. The van der Waals surface area contributed by atoms with E-state index in [4.69, 9.17) is 11.6 Å². The molecule has 0 spiro atoms. The Balaban J connectivity index is 1.74. The molecule has 1 unspecified atom stereocenters. The molecule has 1 amide bonds. The predicted molar refractivity (Wildman–Crippen MR) is 82.1 cm³/mol. The fraction of sp³-hybridized carbons (Fsp3) is 0.267. The van der Waals surface area contributed by atoms with Crippen LogP contribution < -0.4 is 5.32 Å². The van der Waals surface area contributed by atoms with Gasteiger partial charge in [-0.15, -0.1) is 11.3 Å². The highest BCUT2D eigenvalue weighted by molar-refractivity contribution is 7.10. The number of carbonyl (C=O) groups excluding carboxylic acids is 1. The maximum absolute atomic E-state index is 11.8. The zero-order valence-corrected chi connectivity index (χ0v) is 12.5. The molecular formula is C15H16ClNO2S. The van der Waals surface area contributed by atoms with Crippen molar-refractivity contribution in [3.63, 3.8) is 0 Å². The molecule has 1 aromatic heterocycles. The van der Waals surface area contributed by atoms with Gasteiger partial charge < -0.3 is 10.4 Å². The van der Waals surface area contributed by atoms with E-state index in [0.717, 1.165) is 10.4 Å². The van der Waals surface area contributed by atoms with Gasteiger partial charge in [-0.25, -0.2) is 0 Å². The molecule has 1 atom stereocenters. The van der Waals surface area contributed by atoms with Crippen molar-refractivity contribution in [2.45, 2.75) is 18.9 Å². The SMILES string of the molecule is O=C(Cc1ccccc1Cl)NCCC(O)c1cccs1. The Bertz CT molecular complexity index is 557. The Labute approximate surface area is 127 Å². The molecule has 0 saturated heterocycles. The first kappa shape index (κ1) is 15.0. The largest absolute Gasteiger partial charge is 0.388 e. The van der Waals surface area contributed by atoms with E-state index in [9.17, 15) is 9.90 Å². The highest BCUT2D eigenvalue weighted by Crippen LogP contribution is 2.21. The molecule has 1 aromatic carbocycles. The minimum atomic E-state index is -0.518. The minimum absolute atomic E-state index is 0.0866. The van der Waals surface area contributed by atoms with Gasteiger partial charge in [-0.05, 0) is 29.5 Å². The van der Waals surface area contributed by atoms with Gasteiger partial charge in [-0.1, -0.05) is 35.9 Å². The lowest BCUT2D eigenvalue weighted by atomic mass is 10.1. The van der Waals surface area contributed by atoms with Crippen LogP contribution in [0.3, 0.4) is 0 Å². The number of nitrogens with one attached hydrogen (secondary N) is 1. The lowest BCUT2D eigenvalue weighted by molar-refractivity contribution is -0.120. The molecule has 106 valence electrons. The molecule has 1 heterocycles. The molecule has 2 rings (SSSR count). The summed E-state index contributed by atoms with van der Waals surface area (Å²) < 4.78 is 0. The Morgan fingerprint density at radius 3 is 2.80 bits per heavy atom. The van der Waals surface area contributed by atoms with Gasteiger partial charge in [0.1, 0.15) is 0 Å². The van der Waals surface area contributed by atoms with E-state index in [2.05, 4.69) is 5.32 Å². The number of aliphatic hydroxyl groups is 1. The van der Waals surface area contributed by atoms with Crippen molar-refractivity contribution in [1.29, 1.82) is 0 Å². The monoisotopic (exact) mass is 309 g/mol. The molecule has 0 bridgehead atoms. The van der Waals surface area contributed by atoms with Crippen molar-refractivity contribution in [2.75, 3.05) is 6.54 Å². The molecule has 0 aliphatic carbocycles. The Morgan fingerprint density at radius 1 is 1.30 bits per heavy atom. The molecule has 0 saturated carbocycles. The van der Waals surface area contributed by atoms with Crippen LogP contribution in [0.5, 0.6) is 0 Å². The first-order valence-corrected chi connectivity index (χ1v) is 7.64. The smallest absolute Gasteiger partial charge is 0.224 e. The quantitative estimate of drug-likeness (QED) is 0.861. The summed E-state index contributed by atoms with van der Waals surface area (Å²) in [6.45, 7) is 0.447. The summed E-state index contributed by atoms with van der Waals surface area (Å²) in [6, 6.07) is 11.1. The minimum Gasteiger partial charge on any atom is -0.388 e. The fourth-order valence-electron chi connectivity index (χ4n) is 1.85. The summed E-state index contributed by atoms with van der Waals surface area (Å²) in [4.78, 5) is 12.7. The molecule has 0 aliphatic heterocycles. The van der Waals surface area contributed by atoms with Crippen LogP contribution in [-0.2, 0) is 11.2 Å². The average Bonchev–Trinajstić information content (AvgIpc) is 2.95. The van der Waals surface area contributed by atoms with Crippen LogP contribution >= 0.6 is 22.9 Å². The van der Waals surface area contributed by atoms with Crippen molar-refractivity contribution in [3.05, 3.63) is 57.2 Å². The van der Waals surface area contributed by atoms with E-state index in [0.29, 0.717) is 18.0 Å². The Kier molecular flexibility index (Phi) is 5.59. The van der Waals surface area contributed by atoms with Gasteiger partial charge in [0, 0.05) is 16.4 Å². The number of hydrogen-bond donors (Lipinski definition) is 2. The molecular weight excluding hydrogens is 294 g/mol. The van der Waals surface area contributed by atoms with Crippen molar-refractivity contribution in [1.82, 2.24) is 5.32 Å². The van der Waals surface area contributed by atoms with Gasteiger partial charge in [0.05, 0.1) is 12.5 Å². The van der Waals surface area contributed by atoms with E-state index in [1.165, 1.54) is 11.3 Å². The summed E-state index contributed by atoms with van der Waals surface area (Å²) in [5, 5.41) is 15.2. The van der Waals surface area contributed by atoms with Crippen molar-refractivity contribution < 1.29 is 9.90 Å². The molecule has 0 radical (unpaired) electrons. The number of rotatable bonds is 6. The molecule has 0 fully saturated rings. The topological polar surface area (TPSA) is 49.3 Å². The van der Waals surface area contributed by atoms with Crippen molar-refractivity contribution >= 4 is 28.8 Å². The second-order valence-electron chi connectivity index (χ2n) is 4.44. The molecule has 2 N–H and O–H groups in total. The van der Waals surface area contributed by atoms with Gasteiger partial charge >= 0.3 is 0 Å². The number of amides is 1. The summed E-state index contributed by atoms with van der Waals surface area (Å²) in [7, 11) is 0. The standard InChI is InChI=1S/C15H16ClNO2S/c16-12-5-2-1-4-11(12)10-15(19)17-8-7-13(18)14-6-3-9-20-14/h1-6,9,13,18H,7-8,10H2,(H,17,19). The highest BCUT2D eigenvalue weighted by atomic mass is 35.5. The predicted octanol–water partition coefficient (Wildman–Crippen LogP) is 3.18. The van der Waals surface area contributed by atoms with Gasteiger partial charge in [-0.2, -0.15) is 0 Å². The normalized spacial score (nSPS) is 12.1. The molecule has 3 nitrogen and oxygen atoms in total. The second kappa shape index (κ2) is 7.43. The fourth-order valence-corrected chi connectivity index (χ4v) is 2.80. The second-order valence-corrected chi connectivity index (χ2v) is 5.82. The van der Waals surface area contributed by atoms with Crippen LogP contribution in [0, 0.1) is 0 Å². The number of benzene rings is 1. The van der Waals surface area contributed by atoms with Gasteiger partial charge in [-0.3, -0.25) is 4.79 Å². The maximum atomic E-state index is 11.8. The van der Waals surface area contributed by atoms with Gasteiger partial charge in [0.15, 0.2) is 0 Å². The lowest BCUT2D eigenvalue weighted by Gasteiger charge is -2.10. The van der Waals surface area contributed by atoms with E-state index >= 15 is 0 Å². The molecule has 5 heteroatoms. The van der Waals surface area contributed by atoms with Crippen LogP contribution in [0.2, 0.25) is 5.02 Å². The highest BCUT2D eigenvalue weighted by Gasteiger charge is 2.10. The first-order chi connectivity index (χ1) is 9.66. The van der Waals surface area contributed by atoms with Crippen LogP contribution in [0.4, 0.5) is 0 Å². The van der Waals surface area contributed by atoms with E-state index in [-0.39, 0.29) is 12.3 Å². The van der Waals surface area contributed by atoms with Crippen LogP contribution in [0.1, 0.15) is 23.0 Å². The van der Waals surface area contributed by atoms with Crippen LogP contribution in [0.15, 0.2) is 41.8 Å².